The van der Waals surface area contributed by atoms with Crippen molar-refractivity contribution in [1.29, 1.82) is 0 Å². The summed E-state index contributed by atoms with van der Waals surface area (Å²) in [5, 5.41) is 15.9. The molecule has 0 aliphatic rings. The van der Waals surface area contributed by atoms with Gasteiger partial charge in [-0.1, -0.05) is 18.2 Å². The Kier molecular flexibility index (Phi) is 3.15. The molecule has 106 valence electrons. The van der Waals surface area contributed by atoms with Gasteiger partial charge in [0.05, 0.1) is 11.9 Å². The summed E-state index contributed by atoms with van der Waals surface area (Å²) in [7, 11) is 0. The fourth-order valence-corrected chi connectivity index (χ4v) is 1.94. The summed E-state index contributed by atoms with van der Waals surface area (Å²) in [4.78, 5) is 22.6. The summed E-state index contributed by atoms with van der Waals surface area (Å²) in [5.74, 6) is -1.24. The summed E-state index contributed by atoms with van der Waals surface area (Å²) in [5.41, 5.74) is 1.03. The van der Waals surface area contributed by atoms with E-state index in [0.29, 0.717) is 11.3 Å². The number of nitrogens with zero attached hydrogens (tertiary/aromatic N) is 2. The number of para-hydroxylation sites is 1. The Labute approximate surface area is 118 Å². The molecule has 0 bridgehead atoms. The highest BCUT2D eigenvalue weighted by molar-refractivity contribution is 6.04. The van der Waals surface area contributed by atoms with Gasteiger partial charge in [0.25, 0.3) is 5.91 Å². The van der Waals surface area contributed by atoms with Gasteiger partial charge >= 0.3 is 5.97 Å². The monoisotopic (exact) mass is 285 g/mol. The van der Waals surface area contributed by atoms with Gasteiger partial charge in [0, 0.05) is 11.6 Å². The summed E-state index contributed by atoms with van der Waals surface area (Å²) in [6, 6.07) is 8.95. The van der Waals surface area contributed by atoms with E-state index in [1.165, 1.54) is 17.1 Å². The van der Waals surface area contributed by atoms with Gasteiger partial charge in [-0.05, 0) is 12.1 Å². The van der Waals surface area contributed by atoms with Gasteiger partial charge in [0.2, 0.25) is 0 Å². The molecule has 0 fully saturated rings. The minimum Gasteiger partial charge on any atom is -0.480 e. The number of anilines is 1. The van der Waals surface area contributed by atoms with Crippen molar-refractivity contribution in [3.8, 4) is 0 Å². The molecule has 1 amide bonds. The molecule has 0 atom stereocenters. The lowest BCUT2D eigenvalue weighted by Gasteiger charge is -1.98. The number of carboxylic acid groups (broad SMARTS) is 1. The van der Waals surface area contributed by atoms with E-state index in [0.717, 1.165) is 5.39 Å². The number of carboxylic acids is 1. The van der Waals surface area contributed by atoms with Crippen LogP contribution >= 0.6 is 0 Å². The number of aromatic nitrogens is 2. The molecule has 7 nitrogen and oxygen atoms in total. The molecular weight excluding hydrogens is 274 g/mol. The van der Waals surface area contributed by atoms with E-state index in [1.807, 2.05) is 18.2 Å². The molecule has 0 unspecified atom stereocenters. The van der Waals surface area contributed by atoms with Crippen LogP contribution in [-0.2, 0) is 11.3 Å². The zero-order valence-electron chi connectivity index (χ0n) is 10.8. The molecule has 2 N–H and O–H groups in total. The topological polar surface area (TPSA) is 97.4 Å². The van der Waals surface area contributed by atoms with Crippen molar-refractivity contribution >= 4 is 28.5 Å². The first-order valence-electron chi connectivity index (χ1n) is 6.16. The first kappa shape index (κ1) is 12.9. The number of aliphatic carboxylic acids is 1. The average Bonchev–Trinajstić information content (AvgIpc) is 3.04. The van der Waals surface area contributed by atoms with Gasteiger partial charge in [-0.3, -0.25) is 14.3 Å². The standard InChI is InChI=1S/C14H11N3O4/c18-13(19)8-17-7-10(6-15-17)16-14(20)12-5-9-3-1-2-4-11(9)21-12/h1-7H,8H2,(H,16,20)(H,18,19). The van der Waals surface area contributed by atoms with Gasteiger partial charge < -0.3 is 14.8 Å². The number of carbonyl (C=O) groups is 2. The Balaban J connectivity index is 1.76. The molecule has 3 aromatic rings. The molecule has 0 saturated carbocycles. The quantitative estimate of drug-likeness (QED) is 0.763. The van der Waals surface area contributed by atoms with Crippen molar-refractivity contribution in [2.24, 2.45) is 0 Å². The molecule has 21 heavy (non-hydrogen) atoms. The van der Waals surface area contributed by atoms with E-state index in [4.69, 9.17) is 9.52 Å². The first-order chi connectivity index (χ1) is 10.1. The second kappa shape index (κ2) is 5.12. The maximum atomic E-state index is 12.1. The lowest BCUT2D eigenvalue weighted by molar-refractivity contribution is -0.137. The van der Waals surface area contributed by atoms with Gasteiger partial charge in [0.1, 0.15) is 12.1 Å². The van der Waals surface area contributed by atoms with Gasteiger partial charge in [-0.25, -0.2) is 0 Å². The number of furan rings is 1. The van der Waals surface area contributed by atoms with Crippen molar-refractivity contribution < 1.29 is 19.1 Å². The van der Waals surface area contributed by atoms with Crippen molar-refractivity contribution in [2.45, 2.75) is 6.54 Å². The zero-order chi connectivity index (χ0) is 14.8. The predicted octanol–water partition coefficient (Wildman–Crippen LogP) is 1.97. The van der Waals surface area contributed by atoms with Crippen LogP contribution in [0.5, 0.6) is 0 Å². The third-order valence-corrected chi connectivity index (χ3v) is 2.84. The number of fused-ring (bicyclic) bond motifs is 1. The lowest BCUT2D eigenvalue weighted by atomic mass is 10.2. The van der Waals surface area contributed by atoms with Crippen LogP contribution < -0.4 is 5.32 Å². The Bertz CT molecular complexity index is 785. The summed E-state index contributed by atoms with van der Waals surface area (Å²) < 4.78 is 6.66. The SMILES string of the molecule is O=C(O)Cn1cc(NC(=O)c2cc3ccccc3o2)cn1. The highest BCUT2D eigenvalue weighted by Gasteiger charge is 2.13. The van der Waals surface area contributed by atoms with E-state index in [9.17, 15) is 9.59 Å². The number of hydrogen-bond donors (Lipinski definition) is 2. The summed E-state index contributed by atoms with van der Waals surface area (Å²) in [6.07, 6.45) is 2.82. The minimum atomic E-state index is -1.01. The molecule has 0 radical (unpaired) electrons. The number of carbonyl (C=O) groups excluding carboxylic acids is 1. The second-order valence-corrected chi connectivity index (χ2v) is 4.42. The van der Waals surface area contributed by atoms with Gasteiger partial charge in [0.15, 0.2) is 5.76 Å². The number of rotatable bonds is 4. The fourth-order valence-electron chi connectivity index (χ4n) is 1.94. The Morgan fingerprint density at radius 3 is 2.90 bits per heavy atom. The van der Waals surface area contributed by atoms with Crippen molar-refractivity contribution in [2.75, 3.05) is 5.32 Å². The number of amides is 1. The zero-order valence-corrected chi connectivity index (χ0v) is 10.8. The highest BCUT2D eigenvalue weighted by Crippen LogP contribution is 2.19. The van der Waals surface area contributed by atoms with Crippen LogP contribution in [0, 0.1) is 0 Å². The summed E-state index contributed by atoms with van der Waals surface area (Å²) >= 11 is 0. The molecule has 0 spiro atoms. The molecule has 0 saturated heterocycles. The fraction of sp³-hybridized carbons (Fsp3) is 0.0714. The average molecular weight is 285 g/mol. The molecule has 0 aliphatic carbocycles. The molecule has 2 heterocycles. The largest absolute Gasteiger partial charge is 0.480 e. The minimum absolute atomic E-state index is 0.183. The molecular formula is C14H11N3O4. The van der Waals surface area contributed by atoms with Crippen LogP contribution in [0.2, 0.25) is 0 Å². The van der Waals surface area contributed by atoms with E-state index >= 15 is 0 Å². The van der Waals surface area contributed by atoms with Crippen LogP contribution in [0.3, 0.4) is 0 Å². The van der Waals surface area contributed by atoms with E-state index in [2.05, 4.69) is 10.4 Å². The normalized spacial score (nSPS) is 10.7. The molecule has 3 rings (SSSR count). The Morgan fingerprint density at radius 1 is 1.33 bits per heavy atom. The van der Waals surface area contributed by atoms with Crippen molar-refractivity contribution in [3.05, 3.63) is 48.5 Å². The van der Waals surface area contributed by atoms with Crippen LogP contribution in [0.25, 0.3) is 11.0 Å². The van der Waals surface area contributed by atoms with Crippen LogP contribution in [0.1, 0.15) is 10.6 Å². The molecule has 7 heteroatoms. The number of nitrogens with one attached hydrogen (secondary N) is 1. The number of benzene rings is 1. The van der Waals surface area contributed by atoms with Crippen LogP contribution in [0.15, 0.2) is 47.1 Å². The first-order valence-corrected chi connectivity index (χ1v) is 6.16. The molecule has 2 aromatic heterocycles. The van der Waals surface area contributed by atoms with Gasteiger partial charge in [-0.15, -0.1) is 0 Å². The maximum Gasteiger partial charge on any atom is 0.325 e. The third kappa shape index (κ3) is 2.76. The van der Waals surface area contributed by atoms with Crippen molar-refractivity contribution in [3.63, 3.8) is 0 Å². The van der Waals surface area contributed by atoms with E-state index < -0.39 is 11.9 Å². The third-order valence-electron chi connectivity index (χ3n) is 2.84. The van der Waals surface area contributed by atoms with Crippen LogP contribution in [-0.4, -0.2) is 26.8 Å². The second-order valence-electron chi connectivity index (χ2n) is 4.42. The van der Waals surface area contributed by atoms with Crippen molar-refractivity contribution in [1.82, 2.24) is 9.78 Å². The van der Waals surface area contributed by atoms with E-state index in [1.54, 1.807) is 12.1 Å². The molecule has 0 aliphatic heterocycles. The lowest BCUT2D eigenvalue weighted by Crippen LogP contribution is -2.11. The van der Waals surface area contributed by atoms with Gasteiger partial charge in [-0.2, -0.15) is 5.10 Å². The Hall–Kier alpha value is -3.09. The van der Waals surface area contributed by atoms with E-state index in [-0.39, 0.29) is 12.3 Å². The smallest absolute Gasteiger partial charge is 0.325 e. The highest BCUT2D eigenvalue weighted by atomic mass is 16.4. The maximum absolute atomic E-state index is 12.1. The summed E-state index contributed by atoms with van der Waals surface area (Å²) in [6.45, 7) is -0.263. The van der Waals surface area contributed by atoms with Crippen LogP contribution in [0.4, 0.5) is 5.69 Å². The molecule has 1 aromatic carbocycles. The number of hydrogen-bond acceptors (Lipinski definition) is 4. The Morgan fingerprint density at radius 2 is 2.14 bits per heavy atom. The predicted molar refractivity (Wildman–Crippen MR) is 74.0 cm³/mol.